The Bertz CT molecular complexity index is 406. The fraction of sp³-hybridized carbons (Fsp3) is 0.417. The maximum Gasteiger partial charge on any atom is 0.338 e. The number of benzene rings is 1. The van der Waals surface area contributed by atoms with Gasteiger partial charge in [0.15, 0.2) is 6.29 Å². The van der Waals surface area contributed by atoms with Crippen LogP contribution in [-0.4, -0.2) is 52.5 Å². The smallest absolute Gasteiger partial charge is 0.338 e. The van der Waals surface area contributed by atoms with Gasteiger partial charge >= 0.3 is 5.97 Å². The SMILES string of the molecule is O=C(OCC1O[C@H](O)[C@H](O)[C@H]1O)c1ccccc1. The van der Waals surface area contributed by atoms with E-state index in [1.54, 1.807) is 30.3 Å². The first-order valence-electron chi connectivity index (χ1n) is 5.51. The van der Waals surface area contributed by atoms with Crippen molar-refractivity contribution in [1.82, 2.24) is 0 Å². The molecule has 3 N–H and O–H groups in total. The standard InChI is InChI=1S/C12H14O6/c13-9-8(18-12(16)10(9)14)6-17-11(15)7-4-2-1-3-5-7/h1-5,8-10,12-14,16H,6H2/t8?,9-,10+,12-/m0/s1. The lowest BCUT2D eigenvalue weighted by molar-refractivity contribution is -0.133. The van der Waals surface area contributed by atoms with E-state index in [-0.39, 0.29) is 6.61 Å². The summed E-state index contributed by atoms with van der Waals surface area (Å²) in [5, 5.41) is 27.9. The van der Waals surface area contributed by atoms with Crippen molar-refractivity contribution in [2.24, 2.45) is 0 Å². The van der Waals surface area contributed by atoms with Crippen molar-refractivity contribution < 1.29 is 29.6 Å². The highest BCUT2D eigenvalue weighted by Crippen LogP contribution is 2.20. The summed E-state index contributed by atoms with van der Waals surface area (Å²) in [5.41, 5.74) is 0.381. The van der Waals surface area contributed by atoms with E-state index in [4.69, 9.17) is 14.6 Å². The Morgan fingerprint density at radius 1 is 1.17 bits per heavy atom. The van der Waals surface area contributed by atoms with Gasteiger partial charge in [-0.25, -0.2) is 4.79 Å². The number of carbonyl (C=O) groups is 1. The van der Waals surface area contributed by atoms with Crippen molar-refractivity contribution in [3.63, 3.8) is 0 Å². The molecular formula is C12H14O6. The monoisotopic (exact) mass is 254 g/mol. The van der Waals surface area contributed by atoms with Gasteiger partial charge in [-0.1, -0.05) is 18.2 Å². The molecule has 0 radical (unpaired) electrons. The van der Waals surface area contributed by atoms with Crippen LogP contribution >= 0.6 is 0 Å². The Hall–Kier alpha value is -1.47. The number of aliphatic hydroxyl groups is 3. The highest BCUT2D eigenvalue weighted by molar-refractivity contribution is 5.89. The predicted molar refractivity (Wildman–Crippen MR) is 59.6 cm³/mol. The van der Waals surface area contributed by atoms with Crippen LogP contribution in [0.1, 0.15) is 10.4 Å². The average Bonchev–Trinajstić information content (AvgIpc) is 2.64. The molecule has 1 aromatic carbocycles. The van der Waals surface area contributed by atoms with Crippen LogP contribution in [0.15, 0.2) is 30.3 Å². The summed E-state index contributed by atoms with van der Waals surface area (Å²) in [6, 6.07) is 8.36. The van der Waals surface area contributed by atoms with Gasteiger partial charge in [0.25, 0.3) is 0 Å². The van der Waals surface area contributed by atoms with Crippen LogP contribution in [0.2, 0.25) is 0 Å². The molecule has 1 aromatic rings. The van der Waals surface area contributed by atoms with Gasteiger partial charge in [-0.05, 0) is 12.1 Å². The van der Waals surface area contributed by atoms with Gasteiger partial charge < -0.3 is 24.8 Å². The molecule has 6 heteroatoms. The van der Waals surface area contributed by atoms with E-state index in [9.17, 15) is 15.0 Å². The van der Waals surface area contributed by atoms with E-state index in [1.165, 1.54) is 0 Å². The fourth-order valence-electron chi connectivity index (χ4n) is 1.68. The molecule has 1 aliphatic rings. The fourth-order valence-corrected chi connectivity index (χ4v) is 1.68. The van der Waals surface area contributed by atoms with Crippen molar-refractivity contribution in [1.29, 1.82) is 0 Å². The molecule has 4 atom stereocenters. The summed E-state index contributed by atoms with van der Waals surface area (Å²) in [5.74, 6) is -0.553. The van der Waals surface area contributed by atoms with Crippen LogP contribution in [0.25, 0.3) is 0 Å². The van der Waals surface area contributed by atoms with E-state index in [0.717, 1.165) is 0 Å². The van der Waals surface area contributed by atoms with Crippen molar-refractivity contribution in [3.05, 3.63) is 35.9 Å². The number of aliphatic hydroxyl groups excluding tert-OH is 3. The van der Waals surface area contributed by atoms with E-state index >= 15 is 0 Å². The molecule has 0 bridgehead atoms. The summed E-state index contributed by atoms with van der Waals surface area (Å²) in [6.45, 7) is -0.233. The minimum Gasteiger partial charge on any atom is -0.459 e. The third-order valence-corrected chi connectivity index (χ3v) is 2.73. The molecule has 2 rings (SSSR count). The van der Waals surface area contributed by atoms with Crippen LogP contribution in [-0.2, 0) is 9.47 Å². The summed E-state index contributed by atoms with van der Waals surface area (Å²) < 4.78 is 9.78. The van der Waals surface area contributed by atoms with Crippen LogP contribution in [0.3, 0.4) is 0 Å². The largest absolute Gasteiger partial charge is 0.459 e. The zero-order valence-corrected chi connectivity index (χ0v) is 9.47. The zero-order valence-electron chi connectivity index (χ0n) is 9.47. The molecule has 6 nitrogen and oxygen atoms in total. The highest BCUT2D eigenvalue weighted by Gasteiger charge is 2.42. The average molecular weight is 254 g/mol. The molecule has 18 heavy (non-hydrogen) atoms. The maximum absolute atomic E-state index is 11.6. The predicted octanol–water partition coefficient (Wildman–Crippen LogP) is -0.718. The normalized spacial score (nSPS) is 31.3. The number of carbonyl (C=O) groups excluding carboxylic acids is 1. The molecule has 1 saturated heterocycles. The molecule has 1 fully saturated rings. The van der Waals surface area contributed by atoms with Gasteiger partial charge in [-0.15, -0.1) is 0 Å². The minimum absolute atomic E-state index is 0.233. The summed E-state index contributed by atoms with van der Waals surface area (Å²) in [4.78, 5) is 11.6. The Morgan fingerprint density at radius 2 is 1.83 bits per heavy atom. The molecule has 98 valence electrons. The first kappa shape index (κ1) is 13.0. The van der Waals surface area contributed by atoms with Crippen molar-refractivity contribution in [2.45, 2.75) is 24.6 Å². The minimum atomic E-state index is -1.46. The molecule has 0 aliphatic carbocycles. The van der Waals surface area contributed by atoms with Gasteiger partial charge in [0.2, 0.25) is 0 Å². The van der Waals surface area contributed by atoms with E-state index in [2.05, 4.69) is 0 Å². The molecule has 1 heterocycles. The topological polar surface area (TPSA) is 96.2 Å². The van der Waals surface area contributed by atoms with Crippen LogP contribution in [0, 0.1) is 0 Å². The lowest BCUT2D eigenvalue weighted by Gasteiger charge is -2.14. The Labute approximate surface area is 103 Å². The van der Waals surface area contributed by atoms with Gasteiger partial charge in [0.05, 0.1) is 5.56 Å². The van der Waals surface area contributed by atoms with E-state index in [1.807, 2.05) is 0 Å². The van der Waals surface area contributed by atoms with Crippen molar-refractivity contribution in [3.8, 4) is 0 Å². The number of esters is 1. The summed E-state index contributed by atoms with van der Waals surface area (Å²) in [7, 11) is 0. The van der Waals surface area contributed by atoms with Gasteiger partial charge in [-0.2, -0.15) is 0 Å². The second-order valence-corrected chi connectivity index (χ2v) is 4.01. The van der Waals surface area contributed by atoms with Gasteiger partial charge in [0, 0.05) is 0 Å². The molecule has 1 aliphatic heterocycles. The Kier molecular flexibility index (Phi) is 3.93. The third kappa shape index (κ3) is 2.68. The Balaban J connectivity index is 1.88. The molecule has 1 unspecified atom stereocenters. The Morgan fingerprint density at radius 3 is 2.39 bits per heavy atom. The second kappa shape index (κ2) is 5.45. The van der Waals surface area contributed by atoms with Gasteiger partial charge in [0.1, 0.15) is 24.9 Å². The summed E-state index contributed by atoms with van der Waals surface area (Å²) in [6.07, 6.45) is -5.04. The number of ether oxygens (including phenoxy) is 2. The first-order chi connectivity index (χ1) is 8.59. The molecule has 0 spiro atoms. The quantitative estimate of drug-likeness (QED) is 0.616. The van der Waals surface area contributed by atoms with Crippen LogP contribution in [0.5, 0.6) is 0 Å². The zero-order chi connectivity index (χ0) is 13.1. The number of hydrogen-bond acceptors (Lipinski definition) is 6. The number of hydrogen-bond donors (Lipinski definition) is 3. The lowest BCUT2D eigenvalue weighted by atomic mass is 10.1. The van der Waals surface area contributed by atoms with Crippen LogP contribution in [0.4, 0.5) is 0 Å². The molecule has 0 saturated carbocycles. The maximum atomic E-state index is 11.6. The molecule has 0 amide bonds. The first-order valence-corrected chi connectivity index (χ1v) is 5.51. The van der Waals surface area contributed by atoms with Crippen molar-refractivity contribution >= 4 is 5.97 Å². The third-order valence-electron chi connectivity index (χ3n) is 2.73. The van der Waals surface area contributed by atoms with Crippen molar-refractivity contribution in [2.75, 3.05) is 6.61 Å². The summed E-state index contributed by atoms with van der Waals surface area (Å²) >= 11 is 0. The van der Waals surface area contributed by atoms with Crippen LogP contribution < -0.4 is 0 Å². The van der Waals surface area contributed by atoms with E-state index < -0.39 is 30.6 Å². The second-order valence-electron chi connectivity index (χ2n) is 4.01. The lowest BCUT2D eigenvalue weighted by Crippen LogP contribution is -2.34. The highest BCUT2D eigenvalue weighted by atomic mass is 16.7. The van der Waals surface area contributed by atoms with Gasteiger partial charge in [-0.3, -0.25) is 0 Å². The van der Waals surface area contributed by atoms with E-state index in [0.29, 0.717) is 5.56 Å². The number of rotatable bonds is 3. The molecule has 0 aromatic heterocycles. The molecular weight excluding hydrogens is 240 g/mol.